The SMILES string of the molecule is [CH2]COC(=O)SSCc1[nH]cnc1C. The molecule has 1 aromatic rings. The van der Waals surface area contributed by atoms with Gasteiger partial charge < -0.3 is 9.72 Å². The number of imidazole rings is 1. The molecule has 0 fully saturated rings. The Bertz CT molecular complexity index is 301. The Morgan fingerprint density at radius 3 is 3.14 bits per heavy atom. The normalized spacial score (nSPS) is 10.1. The van der Waals surface area contributed by atoms with Crippen LogP contribution in [0.25, 0.3) is 0 Å². The lowest BCUT2D eigenvalue weighted by molar-refractivity contribution is 0.187. The number of aromatic nitrogens is 2. The van der Waals surface area contributed by atoms with Crippen molar-refractivity contribution in [2.24, 2.45) is 0 Å². The van der Waals surface area contributed by atoms with E-state index in [2.05, 4.69) is 21.6 Å². The van der Waals surface area contributed by atoms with Gasteiger partial charge in [0.2, 0.25) is 0 Å². The van der Waals surface area contributed by atoms with Crippen molar-refractivity contribution >= 4 is 26.9 Å². The Morgan fingerprint density at radius 2 is 2.57 bits per heavy atom. The first-order valence-corrected chi connectivity index (χ1v) is 6.30. The zero-order valence-electron chi connectivity index (χ0n) is 7.78. The van der Waals surface area contributed by atoms with Crippen molar-refractivity contribution in [3.63, 3.8) is 0 Å². The van der Waals surface area contributed by atoms with Gasteiger partial charge in [0.25, 0.3) is 0 Å². The number of aromatic amines is 1. The molecule has 1 heterocycles. The highest BCUT2D eigenvalue weighted by atomic mass is 33.1. The van der Waals surface area contributed by atoms with Gasteiger partial charge in [-0.25, -0.2) is 9.78 Å². The smallest absolute Gasteiger partial charge is 0.378 e. The van der Waals surface area contributed by atoms with Gasteiger partial charge in [-0.05, 0) is 13.8 Å². The summed E-state index contributed by atoms with van der Waals surface area (Å²) in [6.07, 6.45) is 1.64. The van der Waals surface area contributed by atoms with Crippen LogP contribution < -0.4 is 0 Å². The van der Waals surface area contributed by atoms with E-state index in [-0.39, 0.29) is 11.9 Å². The van der Waals surface area contributed by atoms with E-state index in [0.717, 1.165) is 22.2 Å². The lowest BCUT2D eigenvalue weighted by Gasteiger charge is -1.99. The van der Waals surface area contributed by atoms with Crippen molar-refractivity contribution in [2.45, 2.75) is 12.7 Å². The highest BCUT2D eigenvalue weighted by molar-refractivity contribution is 8.81. The number of hydrogen-bond acceptors (Lipinski definition) is 5. The molecule has 0 aromatic carbocycles. The van der Waals surface area contributed by atoms with Gasteiger partial charge in [0, 0.05) is 22.2 Å². The van der Waals surface area contributed by atoms with Crippen LogP contribution >= 0.6 is 21.6 Å². The quantitative estimate of drug-likeness (QED) is 0.637. The summed E-state index contributed by atoms with van der Waals surface area (Å²) in [6, 6.07) is 0. The molecule has 0 aliphatic rings. The van der Waals surface area contributed by atoms with E-state index < -0.39 is 0 Å². The molecule has 0 aliphatic heterocycles. The van der Waals surface area contributed by atoms with Crippen LogP contribution in [0.5, 0.6) is 0 Å². The van der Waals surface area contributed by atoms with E-state index in [0.29, 0.717) is 5.75 Å². The monoisotopic (exact) mass is 231 g/mol. The highest BCUT2D eigenvalue weighted by Crippen LogP contribution is 2.27. The second-order valence-electron chi connectivity index (χ2n) is 2.41. The molecule has 0 unspecified atom stereocenters. The van der Waals surface area contributed by atoms with Crippen LogP contribution in [-0.4, -0.2) is 21.9 Å². The van der Waals surface area contributed by atoms with Gasteiger partial charge in [-0.15, -0.1) is 0 Å². The van der Waals surface area contributed by atoms with Crippen molar-refractivity contribution < 1.29 is 9.53 Å². The van der Waals surface area contributed by atoms with Crippen LogP contribution in [0.1, 0.15) is 11.4 Å². The number of rotatable bonds is 4. The molecule has 4 nitrogen and oxygen atoms in total. The van der Waals surface area contributed by atoms with Crippen molar-refractivity contribution in [1.82, 2.24) is 9.97 Å². The summed E-state index contributed by atoms with van der Waals surface area (Å²) in [5, 5.41) is -0.304. The molecule has 1 radical (unpaired) electrons. The predicted octanol–water partition coefficient (Wildman–Crippen LogP) is 2.57. The minimum absolute atomic E-state index is 0.176. The fraction of sp³-hybridized carbons (Fsp3) is 0.375. The van der Waals surface area contributed by atoms with E-state index in [1.165, 1.54) is 10.8 Å². The number of aryl methyl sites for hydroxylation is 1. The largest absolute Gasteiger partial charge is 0.457 e. The van der Waals surface area contributed by atoms with E-state index in [1.807, 2.05) is 6.92 Å². The zero-order valence-corrected chi connectivity index (χ0v) is 9.41. The van der Waals surface area contributed by atoms with Gasteiger partial charge in [0.1, 0.15) is 0 Å². The Balaban J connectivity index is 2.22. The van der Waals surface area contributed by atoms with Crippen LogP contribution in [0.15, 0.2) is 6.33 Å². The number of carbonyl (C=O) groups is 1. The Morgan fingerprint density at radius 1 is 1.79 bits per heavy atom. The van der Waals surface area contributed by atoms with E-state index in [9.17, 15) is 4.79 Å². The summed E-state index contributed by atoms with van der Waals surface area (Å²) in [6.45, 7) is 5.51. The standard InChI is InChI=1S/C8H11N2O2S2/c1-3-12-8(11)14-13-4-7-6(2)9-5-10-7/h5H,1,3-4H2,2H3,(H,9,10). The lowest BCUT2D eigenvalue weighted by atomic mass is 10.4. The minimum Gasteiger partial charge on any atom is -0.457 e. The number of carbonyl (C=O) groups excluding carboxylic acids is 1. The van der Waals surface area contributed by atoms with Crippen LogP contribution in [0, 0.1) is 13.8 Å². The molecule has 1 rings (SSSR count). The third-order valence-corrected chi connectivity index (χ3v) is 3.38. The average molecular weight is 231 g/mol. The van der Waals surface area contributed by atoms with Crippen molar-refractivity contribution in [3.8, 4) is 0 Å². The summed E-state index contributed by atoms with van der Waals surface area (Å²) >= 11 is 0. The number of H-pyrrole nitrogens is 1. The number of nitrogens with one attached hydrogen (secondary N) is 1. The average Bonchev–Trinajstić information content (AvgIpc) is 2.52. The summed E-state index contributed by atoms with van der Waals surface area (Å²) in [7, 11) is 2.49. The Labute approximate surface area is 90.6 Å². The molecule has 14 heavy (non-hydrogen) atoms. The van der Waals surface area contributed by atoms with Crippen LogP contribution in [-0.2, 0) is 10.5 Å². The molecule has 0 aliphatic carbocycles. The fourth-order valence-electron chi connectivity index (χ4n) is 0.779. The molecule has 1 aromatic heterocycles. The van der Waals surface area contributed by atoms with Gasteiger partial charge >= 0.3 is 5.30 Å². The Hall–Kier alpha value is -0.620. The second kappa shape index (κ2) is 5.98. The van der Waals surface area contributed by atoms with Crippen molar-refractivity contribution in [2.75, 3.05) is 6.61 Å². The van der Waals surface area contributed by atoms with E-state index in [1.54, 1.807) is 6.33 Å². The maximum absolute atomic E-state index is 10.9. The van der Waals surface area contributed by atoms with Crippen LogP contribution in [0.4, 0.5) is 4.79 Å². The van der Waals surface area contributed by atoms with Gasteiger partial charge in [-0.3, -0.25) is 0 Å². The number of nitrogens with zero attached hydrogens (tertiary/aromatic N) is 1. The topological polar surface area (TPSA) is 55.0 Å². The van der Waals surface area contributed by atoms with Gasteiger partial charge in [0.05, 0.1) is 18.6 Å². The molecule has 0 amide bonds. The third kappa shape index (κ3) is 3.63. The summed E-state index contributed by atoms with van der Waals surface area (Å²) < 4.78 is 4.66. The molecule has 77 valence electrons. The van der Waals surface area contributed by atoms with Crippen LogP contribution in [0.2, 0.25) is 0 Å². The highest BCUT2D eigenvalue weighted by Gasteiger charge is 2.05. The summed E-state index contributed by atoms with van der Waals surface area (Å²) in [4.78, 5) is 18.0. The fourth-order valence-corrected chi connectivity index (χ4v) is 2.44. The Kier molecular flexibility index (Phi) is 4.89. The van der Waals surface area contributed by atoms with E-state index in [4.69, 9.17) is 0 Å². The van der Waals surface area contributed by atoms with Crippen LogP contribution in [0.3, 0.4) is 0 Å². The molecule has 0 saturated carbocycles. The van der Waals surface area contributed by atoms with Gasteiger partial charge in [0.15, 0.2) is 0 Å². The van der Waals surface area contributed by atoms with Crippen molar-refractivity contribution in [3.05, 3.63) is 24.6 Å². The summed E-state index contributed by atoms with van der Waals surface area (Å²) in [5.74, 6) is 0.711. The first-order chi connectivity index (χ1) is 6.74. The molecule has 0 bridgehead atoms. The van der Waals surface area contributed by atoms with E-state index >= 15 is 0 Å². The molecule has 0 saturated heterocycles. The lowest BCUT2D eigenvalue weighted by Crippen LogP contribution is -1.94. The van der Waals surface area contributed by atoms with Gasteiger partial charge in [-0.1, -0.05) is 10.8 Å². The molecular weight excluding hydrogens is 220 g/mol. The maximum Gasteiger partial charge on any atom is 0.378 e. The second-order valence-corrected chi connectivity index (χ2v) is 4.64. The minimum atomic E-state index is -0.304. The number of ether oxygens (including phenoxy) is 1. The molecular formula is C8H11N2O2S2. The number of hydrogen-bond donors (Lipinski definition) is 1. The zero-order chi connectivity index (χ0) is 10.4. The predicted molar refractivity (Wildman–Crippen MR) is 58.9 cm³/mol. The molecule has 0 atom stereocenters. The molecule has 0 spiro atoms. The maximum atomic E-state index is 10.9. The first kappa shape index (κ1) is 11.5. The molecule has 6 heteroatoms. The first-order valence-electron chi connectivity index (χ1n) is 3.98. The molecule has 1 N–H and O–H groups in total. The van der Waals surface area contributed by atoms with Crippen molar-refractivity contribution in [1.29, 1.82) is 0 Å². The van der Waals surface area contributed by atoms with Gasteiger partial charge in [-0.2, -0.15) is 0 Å². The summed E-state index contributed by atoms with van der Waals surface area (Å²) in [5.41, 5.74) is 1.99. The third-order valence-electron chi connectivity index (χ3n) is 1.48.